The number of rotatable bonds is 8. The van der Waals surface area contributed by atoms with Crippen molar-refractivity contribution in [3.63, 3.8) is 0 Å². The SMILES string of the molecule is O=S(=O)(NCCC1CCC1)c1ccc(CCCO)cc1. The molecule has 2 N–H and O–H groups in total. The van der Waals surface area contributed by atoms with E-state index in [1.807, 2.05) is 12.1 Å². The van der Waals surface area contributed by atoms with E-state index in [0.29, 0.717) is 23.8 Å². The first-order valence-corrected chi connectivity index (χ1v) is 8.79. The fourth-order valence-corrected chi connectivity index (χ4v) is 3.43. The van der Waals surface area contributed by atoms with Crippen LogP contribution in [0.25, 0.3) is 0 Å². The Bertz CT molecular complexity index is 506. The number of aliphatic hydroxyl groups excluding tert-OH is 1. The molecule has 1 aliphatic carbocycles. The van der Waals surface area contributed by atoms with Crippen molar-refractivity contribution in [2.24, 2.45) is 5.92 Å². The lowest BCUT2D eigenvalue weighted by molar-refractivity contribution is 0.288. The van der Waals surface area contributed by atoms with Gasteiger partial charge in [0.2, 0.25) is 10.0 Å². The van der Waals surface area contributed by atoms with E-state index in [-0.39, 0.29) is 6.61 Å². The minimum absolute atomic E-state index is 0.156. The van der Waals surface area contributed by atoms with Crippen molar-refractivity contribution in [3.05, 3.63) is 29.8 Å². The predicted molar refractivity (Wildman–Crippen MR) is 79.0 cm³/mol. The van der Waals surface area contributed by atoms with Crippen LogP contribution in [0.4, 0.5) is 0 Å². The van der Waals surface area contributed by atoms with Gasteiger partial charge in [0.05, 0.1) is 4.90 Å². The number of nitrogens with one attached hydrogen (secondary N) is 1. The molecule has 0 heterocycles. The molecule has 1 fully saturated rings. The van der Waals surface area contributed by atoms with Crippen molar-refractivity contribution in [3.8, 4) is 0 Å². The maximum atomic E-state index is 12.1. The molecule has 1 aromatic rings. The van der Waals surface area contributed by atoms with Gasteiger partial charge in [-0.25, -0.2) is 13.1 Å². The van der Waals surface area contributed by atoms with Crippen LogP contribution in [0, 0.1) is 5.92 Å². The van der Waals surface area contributed by atoms with E-state index >= 15 is 0 Å². The van der Waals surface area contributed by atoms with Gasteiger partial charge in [-0.3, -0.25) is 0 Å². The number of aryl methyl sites for hydroxylation is 1. The first-order chi connectivity index (χ1) is 9.62. The van der Waals surface area contributed by atoms with Crippen LogP contribution < -0.4 is 4.72 Å². The molecule has 0 bridgehead atoms. The molecule has 0 saturated heterocycles. The summed E-state index contributed by atoms with van der Waals surface area (Å²) in [6.07, 6.45) is 6.17. The van der Waals surface area contributed by atoms with Gasteiger partial charge in [0.25, 0.3) is 0 Å². The zero-order valence-electron chi connectivity index (χ0n) is 11.7. The molecule has 0 radical (unpaired) electrons. The lowest BCUT2D eigenvalue weighted by atomic mass is 9.83. The monoisotopic (exact) mass is 297 g/mol. The number of benzene rings is 1. The summed E-state index contributed by atoms with van der Waals surface area (Å²) < 4.78 is 26.9. The third-order valence-corrected chi connectivity index (χ3v) is 5.40. The van der Waals surface area contributed by atoms with Gasteiger partial charge < -0.3 is 5.11 Å². The predicted octanol–water partition coefficient (Wildman–Crippen LogP) is 2.08. The van der Waals surface area contributed by atoms with Crippen LogP contribution in [0.1, 0.15) is 37.7 Å². The van der Waals surface area contributed by atoms with Crippen LogP contribution in [0.5, 0.6) is 0 Å². The van der Waals surface area contributed by atoms with Crippen molar-refractivity contribution < 1.29 is 13.5 Å². The molecule has 0 aromatic heterocycles. The lowest BCUT2D eigenvalue weighted by Gasteiger charge is -2.25. The summed E-state index contributed by atoms with van der Waals surface area (Å²) in [7, 11) is -3.38. The average Bonchev–Trinajstić information content (AvgIpc) is 2.40. The molecular weight excluding hydrogens is 274 g/mol. The Morgan fingerprint density at radius 1 is 1.20 bits per heavy atom. The molecule has 1 saturated carbocycles. The smallest absolute Gasteiger partial charge is 0.240 e. The minimum atomic E-state index is -3.38. The van der Waals surface area contributed by atoms with E-state index in [2.05, 4.69) is 4.72 Å². The highest BCUT2D eigenvalue weighted by Gasteiger charge is 2.19. The van der Waals surface area contributed by atoms with E-state index < -0.39 is 10.0 Å². The van der Waals surface area contributed by atoms with Crippen LogP contribution in [-0.2, 0) is 16.4 Å². The standard InChI is InChI=1S/C15H23NO3S/c17-12-2-5-14-6-8-15(9-7-14)20(18,19)16-11-10-13-3-1-4-13/h6-9,13,16-17H,1-5,10-12H2. The Kier molecular flexibility index (Phi) is 5.57. The van der Waals surface area contributed by atoms with E-state index in [0.717, 1.165) is 18.4 Å². The Hall–Kier alpha value is -0.910. The van der Waals surface area contributed by atoms with Gasteiger partial charge in [0.1, 0.15) is 0 Å². The van der Waals surface area contributed by atoms with Crippen molar-refractivity contribution in [2.45, 2.75) is 43.4 Å². The third kappa shape index (κ3) is 4.30. The van der Waals surface area contributed by atoms with Gasteiger partial charge in [0.15, 0.2) is 0 Å². The molecule has 112 valence electrons. The second-order valence-electron chi connectivity index (χ2n) is 5.45. The molecule has 0 amide bonds. The Labute approximate surface area is 121 Å². The molecule has 0 aliphatic heterocycles. The highest BCUT2D eigenvalue weighted by molar-refractivity contribution is 7.89. The highest BCUT2D eigenvalue weighted by atomic mass is 32.2. The summed E-state index contributed by atoms with van der Waals surface area (Å²) in [6.45, 7) is 0.683. The van der Waals surface area contributed by atoms with Crippen LogP contribution in [0.2, 0.25) is 0 Å². The van der Waals surface area contributed by atoms with Gasteiger partial charge in [0, 0.05) is 13.2 Å². The van der Waals surface area contributed by atoms with E-state index in [1.165, 1.54) is 19.3 Å². The van der Waals surface area contributed by atoms with E-state index in [9.17, 15) is 8.42 Å². The Morgan fingerprint density at radius 2 is 1.90 bits per heavy atom. The second kappa shape index (κ2) is 7.20. The minimum Gasteiger partial charge on any atom is -0.396 e. The molecule has 4 nitrogen and oxygen atoms in total. The molecule has 0 unspecified atom stereocenters. The molecular formula is C15H23NO3S. The van der Waals surface area contributed by atoms with Crippen molar-refractivity contribution in [1.82, 2.24) is 4.72 Å². The van der Waals surface area contributed by atoms with Crippen LogP contribution in [0.15, 0.2) is 29.2 Å². The summed E-state index contributed by atoms with van der Waals surface area (Å²) in [5.41, 5.74) is 1.05. The summed E-state index contributed by atoms with van der Waals surface area (Å²) in [4.78, 5) is 0.318. The third-order valence-electron chi connectivity index (χ3n) is 3.93. The Balaban J connectivity index is 1.87. The Morgan fingerprint density at radius 3 is 2.45 bits per heavy atom. The fourth-order valence-electron chi connectivity index (χ4n) is 2.38. The molecule has 2 rings (SSSR count). The molecule has 20 heavy (non-hydrogen) atoms. The first kappa shape index (κ1) is 15.5. The summed E-state index contributed by atoms with van der Waals surface area (Å²) in [5.74, 6) is 0.707. The number of hydrogen-bond donors (Lipinski definition) is 2. The van der Waals surface area contributed by atoms with Crippen LogP contribution >= 0.6 is 0 Å². The van der Waals surface area contributed by atoms with Crippen LogP contribution in [-0.4, -0.2) is 26.7 Å². The van der Waals surface area contributed by atoms with Gasteiger partial charge in [-0.05, 0) is 42.9 Å². The summed E-state index contributed by atoms with van der Waals surface area (Å²) >= 11 is 0. The summed E-state index contributed by atoms with van der Waals surface area (Å²) in [6, 6.07) is 6.91. The largest absolute Gasteiger partial charge is 0.396 e. The van der Waals surface area contributed by atoms with Crippen LogP contribution in [0.3, 0.4) is 0 Å². The molecule has 5 heteroatoms. The van der Waals surface area contributed by atoms with Gasteiger partial charge in [-0.15, -0.1) is 0 Å². The topological polar surface area (TPSA) is 66.4 Å². The normalized spacial score (nSPS) is 16.1. The van der Waals surface area contributed by atoms with Gasteiger partial charge in [-0.1, -0.05) is 31.4 Å². The molecule has 0 spiro atoms. The number of sulfonamides is 1. The number of hydrogen-bond acceptors (Lipinski definition) is 3. The van der Waals surface area contributed by atoms with Crippen molar-refractivity contribution >= 4 is 10.0 Å². The lowest BCUT2D eigenvalue weighted by Crippen LogP contribution is -2.27. The van der Waals surface area contributed by atoms with Crippen molar-refractivity contribution in [2.75, 3.05) is 13.2 Å². The zero-order chi connectivity index (χ0) is 14.4. The first-order valence-electron chi connectivity index (χ1n) is 7.31. The molecule has 1 aromatic carbocycles. The maximum Gasteiger partial charge on any atom is 0.240 e. The second-order valence-corrected chi connectivity index (χ2v) is 7.22. The van der Waals surface area contributed by atoms with Gasteiger partial charge in [-0.2, -0.15) is 0 Å². The quantitative estimate of drug-likeness (QED) is 0.772. The van der Waals surface area contributed by atoms with Crippen molar-refractivity contribution in [1.29, 1.82) is 0 Å². The average molecular weight is 297 g/mol. The molecule has 0 atom stereocenters. The highest BCUT2D eigenvalue weighted by Crippen LogP contribution is 2.28. The fraction of sp³-hybridized carbons (Fsp3) is 0.600. The van der Waals surface area contributed by atoms with E-state index in [1.54, 1.807) is 12.1 Å². The number of aliphatic hydroxyl groups is 1. The van der Waals surface area contributed by atoms with Gasteiger partial charge >= 0.3 is 0 Å². The summed E-state index contributed by atoms with van der Waals surface area (Å²) in [5, 5.41) is 8.77. The maximum absolute atomic E-state index is 12.1. The van der Waals surface area contributed by atoms with E-state index in [4.69, 9.17) is 5.11 Å². The zero-order valence-corrected chi connectivity index (χ0v) is 12.5. The molecule has 1 aliphatic rings.